The summed E-state index contributed by atoms with van der Waals surface area (Å²) in [4.78, 5) is 12.2. The van der Waals surface area contributed by atoms with E-state index >= 15 is 0 Å². The van der Waals surface area contributed by atoms with Gasteiger partial charge in [-0.2, -0.15) is 10.2 Å². The second-order valence-electron chi connectivity index (χ2n) is 9.75. The quantitative estimate of drug-likeness (QED) is 0.325. The summed E-state index contributed by atoms with van der Waals surface area (Å²) >= 11 is 1.54. The molecule has 1 aliphatic rings. The number of piperidine rings is 1. The van der Waals surface area contributed by atoms with Gasteiger partial charge in [-0.3, -0.25) is 4.90 Å². The molecule has 0 atom stereocenters. The highest BCUT2D eigenvalue weighted by atomic mass is 32.2. The fourth-order valence-corrected chi connectivity index (χ4v) is 6.15. The van der Waals surface area contributed by atoms with Gasteiger partial charge < -0.3 is 10.1 Å². The number of ether oxygens (including phenoxy) is 1. The molecule has 0 spiro atoms. The number of nitrogens with one attached hydrogen (secondary N) is 1. The minimum absolute atomic E-state index is 0.237. The van der Waals surface area contributed by atoms with Gasteiger partial charge in [0.15, 0.2) is 9.84 Å². The zero-order valence-corrected chi connectivity index (χ0v) is 23.2. The van der Waals surface area contributed by atoms with Crippen LogP contribution in [0.1, 0.15) is 35.1 Å². The molecule has 0 amide bonds. The number of hydrogen-bond acceptors (Lipinski definition) is 9. The van der Waals surface area contributed by atoms with Crippen LogP contribution in [0.3, 0.4) is 0 Å². The Bertz CT molecular complexity index is 1590. The molecule has 0 saturated carbocycles. The molecular formula is C28H29N5O3S2. The molecule has 8 nitrogen and oxygen atoms in total. The molecule has 5 rings (SSSR count). The summed E-state index contributed by atoms with van der Waals surface area (Å²) < 4.78 is 30.6. The van der Waals surface area contributed by atoms with Crippen molar-refractivity contribution in [3.05, 3.63) is 70.1 Å². The maximum Gasteiger partial charge on any atom is 0.242 e. The van der Waals surface area contributed by atoms with Gasteiger partial charge in [0.2, 0.25) is 11.8 Å². The summed E-state index contributed by atoms with van der Waals surface area (Å²) in [6.45, 7) is 6.49. The highest BCUT2D eigenvalue weighted by Gasteiger charge is 2.22. The van der Waals surface area contributed by atoms with Crippen molar-refractivity contribution >= 4 is 37.3 Å². The van der Waals surface area contributed by atoms with Crippen molar-refractivity contribution in [2.75, 3.05) is 24.7 Å². The van der Waals surface area contributed by atoms with Gasteiger partial charge in [-0.25, -0.2) is 13.4 Å². The number of aryl methyl sites for hydroxylation is 2. The molecule has 0 radical (unpaired) electrons. The number of sulfone groups is 1. The van der Waals surface area contributed by atoms with Crippen molar-refractivity contribution in [3.8, 4) is 17.7 Å². The third-order valence-electron chi connectivity index (χ3n) is 6.74. The number of fused-ring (bicyclic) bond motifs is 1. The molecule has 1 fully saturated rings. The van der Waals surface area contributed by atoms with Gasteiger partial charge in [0.05, 0.1) is 22.0 Å². The fraction of sp³-hybridized carbons (Fsp3) is 0.321. The SMILES string of the molecule is Cc1cc(C#N)cc(C)c1Oc1nc(NC2CCN(Cc3ccc(S(C)(=O)=O)cc3)CC2)nc2ccsc12. The predicted octanol–water partition coefficient (Wildman–Crippen LogP) is 5.45. The lowest BCUT2D eigenvalue weighted by atomic mass is 10.0. The van der Waals surface area contributed by atoms with Crippen molar-refractivity contribution in [1.29, 1.82) is 5.26 Å². The van der Waals surface area contributed by atoms with E-state index in [1.807, 2.05) is 49.6 Å². The largest absolute Gasteiger partial charge is 0.437 e. The second kappa shape index (κ2) is 10.7. The highest BCUT2D eigenvalue weighted by Crippen LogP contribution is 2.36. The number of rotatable bonds is 7. The Morgan fingerprint density at radius 1 is 1.11 bits per heavy atom. The van der Waals surface area contributed by atoms with Crippen LogP contribution in [0.5, 0.6) is 11.6 Å². The molecular weight excluding hydrogens is 518 g/mol. The Labute approximate surface area is 226 Å². The van der Waals surface area contributed by atoms with Gasteiger partial charge in [-0.05, 0) is 79.1 Å². The minimum Gasteiger partial charge on any atom is -0.437 e. The standard InChI is InChI=1S/C28H29N5O3S2/c1-18-14-21(16-29)15-19(2)25(18)36-27-26-24(10-13-37-26)31-28(32-27)30-22-8-11-33(12-9-22)17-20-4-6-23(7-5-20)38(3,34)35/h4-7,10,13-15,22H,8-9,11-12,17H2,1-3H3,(H,30,31,32). The number of hydrogen-bond donors (Lipinski definition) is 1. The summed E-state index contributed by atoms with van der Waals surface area (Å²) in [7, 11) is -3.18. The molecule has 2 aromatic carbocycles. The zero-order chi connectivity index (χ0) is 26.9. The van der Waals surface area contributed by atoms with E-state index in [1.165, 1.54) is 6.26 Å². The summed E-state index contributed by atoms with van der Waals surface area (Å²) in [6, 6.07) is 15.2. The smallest absolute Gasteiger partial charge is 0.242 e. The number of likely N-dealkylation sites (tertiary alicyclic amines) is 1. The first-order valence-corrected chi connectivity index (χ1v) is 15.2. The molecule has 196 valence electrons. The molecule has 1 aliphatic heterocycles. The summed E-state index contributed by atoms with van der Waals surface area (Å²) in [6.07, 6.45) is 3.11. The van der Waals surface area contributed by atoms with Crippen LogP contribution < -0.4 is 10.1 Å². The highest BCUT2D eigenvalue weighted by molar-refractivity contribution is 7.90. The van der Waals surface area contributed by atoms with E-state index in [9.17, 15) is 13.7 Å². The zero-order valence-electron chi connectivity index (χ0n) is 21.6. The molecule has 1 saturated heterocycles. The van der Waals surface area contributed by atoms with E-state index < -0.39 is 9.84 Å². The van der Waals surface area contributed by atoms with Crippen LogP contribution in [-0.4, -0.2) is 48.7 Å². The number of nitriles is 1. The lowest BCUT2D eigenvalue weighted by Gasteiger charge is -2.32. The Morgan fingerprint density at radius 3 is 2.42 bits per heavy atom. The van der Waals surface area contributed by atoms with E-state index in [0.717, 1.165) is 59.4 Å². The number of anilines is 1. The van der Waals surface area contributed by atoms with Gasteiger partial charge in [-0.15, -0.1) is 11.3 Å². The lowest BCUT2D eigenvalue weighted by Crippen LogP contribution is -2.39. The second-order valence-corrected chi connectivity index (χ2v) is 12.7. The number of benzene rings is 2. The summed E-state index contributed by atoms with van der Waals surface area (Å²) in [5, 5.41) is 14.8. The van der Waals surface area contributed by atoms with Crippen LogP contribution in [0.15, 0.2) is 52.7 Å². The van der Waals surface area contributed by atoms with E-state index in [4.69, 9.17) is 14.7 Å². The first-order valence-electron chi connectivity index (χ1n) is 12.4. The van der Waals surface area contributed by atoms with Gasteiger partial charge in [-0.1, -0.05) is 12.1 Å². The monoisotopic (exact) mass is 547 g/mol. The van der Waals surface area contributed by atoms with Crippen LogP contribution in [0.4, 0.5) is 5.95 Å². The normalized spacial score (nSPS) is 14.9. The first kappa shape index (κ1) is 26.1. The van der Waals surface area contributed by atoms with Gasteiger partial charge >= 0.3 is 0 Å². The molecule has 1 N–H and O–H groups in total. The van der Waals surface area contributed by atoms with Crippen LogP contribution in [0, 0.1) is 25.2 Å². The van der Waals surface area contributed by atoms with Crippen molar-refractivity contribution in [1.82, 2.24) is 14.9 Å². The van der Waals surface area contributed by atoms with Crippen LogP contribution in [0.2, 0.25) is 0 Å². The molecule has 10 heteroatoms. The van der Waals surface area contributed by atoms with Gasteiger partial charge in [0.25, 0.3) is 0 Å². The third-order valence-corrected chi connectivity index (χ3v) is 8.76. The minimum atomic E-state index is -3.18. The average molecular weight is 548 g/mol. The van der Waals surface area contributed by atoms with E-state index in [-0.39, 0.29) is 6.04 Å². The van der Waals surface area contributed by atoms with Gasteiger partial charge in [0.1, 0.15) is 10.4 Å². The van der Waals surface area contributed by atoms with Crippen molar-refractivity contribution < 1.29 is 13.2 Å². The Balaban J connectivity index is 1.25. The summed E-state index contributed by atoms with van der Waals surface area (Å²) in [5.41, 5.74) is 4.32. The van der Waals surface area contributed by atoms with Crippen LogP contribution >= 0.6 is 11.3 Å². The van der Waals surface area contributed by atoms with Crippen molar-refractivity contribution in [3.63, 3.8) is 0 Å². The predicted molar refractivity (Wildman–Crippen MR) is 150 cm³/mol. The number of nitrogens with zero attached hydrogens (tertiary/aromatic N) is 4. The van der Waals surface area contributed by atoms with Crippen LogP contribution in [0.25, 0.3) is 10.2 Å². The topological polar surface area (TPSA) is 108 Å². The molecule has 3 heterocycles. The van der Waals surface area contributed by atoms with E-state index in [0.29, 0.717) is 28.0 Å². The summed E-state index contributed by atoms with van der Waals surface area (Å²) in [5.74, 6) is 1.77. The van der Waals surface area contributed by atoms with Crippen LogP contribution in [-0.2, 0) is 16.4 Å². The van der Waals surface area contributed by atoms with Gasteiger partial charge in [0, 0.05) is 31.9 Å². The Morgan fingerprint density at radius 2 is 1.79 bits per heavy atom. The molecule has 0 unspecified atom stereocenters. The van der Waals surface area contributed by atoms with Crippen molar-refractivity contribution in [2.24, 2.45) is 0 Å². The maximum absolute atomic E-state index is 11.7. The molecule has 0 bridgehead atoms. The number of aromatic nitrogens is 2. The molecule has 38 heavy (non-hydrogen) atoms. The molecule has 2 aromatic heterocycles. The molecule has 4 aromatic rings. The Kier molecular flexibility index (Phi) is 7.34. The third kappa shape index (κ3) is 5.80. The molecule has 0 aliphatic carbocycles. The number of thiophene rings is 1. The first-order chi connectivity index (χ1) is 18.2. The average Bonchev–Trinajstić information content (AvgIpc) is 3.36. The maximum atomic E-state index is 11.7. The van der Waals surface area contributed by atoms with E-state index in [1.54, 1.807) is 23.5 Å². The Hall–Kier alpha value is -3.52. The van der Waals surface area contributed by atoms with Crippen molar-refractivity contribution in [2.45, 2.75) is 44.2 Å². The lowest BCUT2D eigenvalue weighted by molar-refractivity contribution is 0.211. The fourth-order valence-electron chi connectivity index (χ4n) is 4.76. The van der Waals surface area contributed by atoms with E-state index in [2.05, 4.69) is 16.3 Å².